The second-order valence-corrected chi connectivity index (χ2v) is 9.07. The standard InChI is InChI=1S/C26H29F3N2O5.ClH/c1-2-35-22(25(33)34)13-16-3-9-19(10-4-16)36-12-11-30-23-20-14-31(15-21(20)23)24(32)17-5-7-18(8-6-17)26(27,28)29;/h3-10,20-23,30H,2,11-15H2,1H3,(H,33,34);1H/t20-,21?,22-,23?;/m0./s1. The number of carbonyl (C=O) groups excluding carboxylic acids is 1. The molecule has 0 bridgehead atoms. The fourth-order valence-corrected chi connectivity index (χ4v) is 4.73. The molecule has 4 rings (SSSR count). The van der Waals surface area contributed by atoms with Crippen molar-refractivity contribution in [1.29, 1.82) is 0 Å². The van der Waals surface area contributed by atoms with Crippen molar-refractivity contribution in [2.75, 3.05) is 32.8 Å². The van der Waals surface area contributed by atoms with Crippen molar-refractivity contribution in [3.8, 4) is 5.75 Å². The van der Waals surface area contributed by atoms with Gasteiger partial charge in [0.2, 0.25) is 0 Å². The van der Waals surface area contributed by atoms with E-state index in [9.17, 15) is 27.9 Å². The van der Waals surface area contributed by atoms with Crippen LogP contribution in [0.25, 0.3) is 0 Å². The van der Waals surface area contributed by atoms with Gasteiger partial charge in [-0.15, -0.1) is 12.4 Å². The first-order chi connectivity index (χ1) is 17.2. The third kappa shape index (κ3) is 7.15. The SMILES string of the molecule is CCO[C@@H](Cc1ccc(OCCNC2C3CN(C(=O)c4ccc(C(F)(F)F)cc4)C[C@@H]32)cc1)C(=O)O.Cl. The van der Waals surface area contributed by atoms with Crippen molar-refractivity contribution in [1.82, 2.24) is 10.2 Å². The van der Waals surface area contributed by atoms with E-state index in [0.717, 1.165) is 17.7 Å². The van der Waals surface area contributed by atoms with Crippen molar-refractivity contribution in [3.63, 3.8) is 0 Å². The number of carboxylic acids is 1. The molecular formula is C26H30ClF3N2O5. The van der Waals surface area contributed by atoms with E-state index >= 15 is 0 Å². The number of carbonyl (C=O) groups is 2. The molecule has 1 heterocycles. The number of nitrogens with one attached hydrogen (secondary N) is 1. The zero-order valence-corrected chi connectivity index (χ0v) is 21.1. The lowest BCUT2D eigenvalue weighted by Gasteiger charge is -2.20. The Bertz CT molecular complexity index is 1050. The fourth-order valence-electron chi connectivity index (χ4n) is 4.73. The number of halogens is 4. The normalized spacial score (nSPS) is 21.1. The fraction of sp³-hybridized carbons (Fsp3) is 0.462. The number of rotatable bonds is 11. The molecule has 2 fully saturated rings. The predicted octanol–water partition coefficient (Wildman–Crippen LogP) is 3.90. The molecule has 1 aliphatic carbocycles. The number of aliphatic carboxylic acids is 1. The topological polar surface area (TPSA) is 88.1 Å². The number of fused-ring (bicyclic) bond motifs is 1. The summed E-state index contributed by atoms with van der Waals surface area (Å²) in [6.45, 7) is 4.36. The summed E-state index contributed by atoms with van der Waals surface area (Å²) in [4.78, 5) is 25.5. The van der Waals surface area contributed by atoms with Crippen molar-refractivity contribution >= 4 is 24.3 Å². The second-order valence-electron chi connectivity index (χ2n) is 9.07. The quantitative estimate of drug-likeness (QED) is 0.419. The number of benzene rings is 2. The Morgan fingerprint density at radius 3 is 2.24 bits per heavy atom. The maximum atomic E-state index is 12.7. The molecule has 2 aliphatic rings. The lowest BCUT2D eigenvalue weighted by molar-refractivity contribution is -0.150. The van der Waals surface area contributed by atoms with Crippen LogP contribution in [0.1, 0.15) is 28.4 Å². The van der Waals surface area contributed by atoms with E-state index in [1.807, 2.05) is 12.1 Å². The Morgan fingerprint density at radius 1 is 1.08 bits per heavy atom. The zero-order chi connectivity index (χ0) is 25.9. The van der Waals surface area contributed by atoms with Gasteiger partial charge in [0.05, 0.1) is 5.56 Å². The summed E-state index contributed by atoms with van der Waals surface area (Å²) in [5.74, 6) is 0.149. The summed E-state index contributed by atoms with van der Waals surface area (Å²) >= 11 is 0. The van der Waals surface area contributed by atoms with Crippen molar-refractivity contribution in [2.24, 2.45) is 11.8 Å². The lowest BCUT2D eigenvalue weighted by Crippen LogP contribution is -2.36. The summed E-state index contributed by atoms with van der Waals surface area (Å²) < 4.78 is 49.1. The molecule has 1 saturated heterocycles. The van der Waals surface area contributed by atoms with E-state index in [-0.39, 0.29) is 30.3 Å². The number of nitrogens with zero attached hydrogens (tertiary/aromatic N) is 1. The van der Waals surface area contributed by atoms with Crippen molar-refractivity contribution in [2.45, 2.75) is 31.7 Å². The number of likely N-dealkylation sites (tertiary alicyclic amines) is 1. The molecule has 1 amide bonds. The molecule has 11 heteroatoms. The largest absolute Gasteiger partial charge is 0.492 e. The van der Waals surface area contributed by atoms with Crippen LogP contribution >= 0.6 is 12.4 Å². The first-order valence-electron chi connectivity index (χ1n) is 11.9. The van der Waals surface area contributed by atoms with Crippen LogP contribution in [-0.2, 0) is 22.1 Å². The molecule has 1 saturated carbocycles. The molecule has 1 aliphatic heterocycles. The van der Waals surface area contributed by atoms with Crippen LogP contribution in [0.5, 0.6) is 5.75 Å². The first-order valence-corrected chi connectivity index (χ1v) is 11.9. The van der Waals surface area contributed by atoms with E-state index in [4.69, 9.17) is 9.47 Å². The van der Waals surface area contributed by atoms with E-state index in [1.165, 1.54) is 12.1 Å². The molecule has 4 atom stereocenters. The van der Waals surface area contributed by atoms with Gasteiger partial charge in [-0.25, -0.2) is 4.79 Å². The van der Waals surface area contributed by atoms with Gasteiger partial charge in [-0.05, 0) is 60.7 Å². The van der Waals surface area contributed by atoms with Crippen LogP contribution in [0.3, 0.4) is 0 Å². The monoisotopic (exact) mass is 542 g/mol. The number of ether oxygens (including phenoxy) is 2. The van der Waals surface area contributed by atoms with Crippen molar-refractivity contribution in [3.05, 3.63) is 65.2 Å². The maximum absolute atomic E-state index is 12.7. The number of piperidine rings is 1. The third-order valence-electron chi connectivity index (χ3n) is 6.68. The van der Waals surface area contributed by atoms with E-state index in [2.05, 4.69) is 5.32 Å². The predicted molar refractivity (Wildman–Crippen MR) is 132 cm³/mol. The molecular weight excluding hydrogens is 513 g/mol. The Balaban J connectivity index is 0.00000380. The van der Waals surface area contributed by atoms with Gasteiger partial charge < -0.3 is 24.8 Å². The highest BCUT2D eigenvalue weighted by atomic mass is 35.5. The highest BCUT2D eigenvalue weighted by Crippen LogP contribution is 2.45. The molecule has 202 valence electrons. The van der Waals surface area contributed by atoms with Crippen LogP contribution in [0.15, 0.2) is 48.5 Å². The Morgan fingerprint density at radius 2 is 1.70 bits per heavy atom. The highest BCUT2D eigenvalue weighted by Gasteiger charge is 2.56. The summed E-state index contributed by atoms with van der Waals surface area (Å²) in [5, 5.41) is 12.6. The van der Waals surface area contributed by atoms with Crippen LogP contribution in [-0.4, -0.2) is 66.9 Å². The molecule has 37 heavy (non-hydrogen) atoms. The number of amides is 1. The zero-order valence-electron chi connectivity index (χ0n) is 20.2. The minimum atomic E-state index is -4.42. The average molecular weight is 543 g/mol. The van der Waals surface area contributed by atoms with Crippen LogP contribution < -0.4 is 10.1 Å². The summed E-state index contributed by atoms with van der Waals surface area (Å²) in [7, 11) is 0. The van der Waals surface area contributed by atoms with Crippen LogP contribution in [0, 0.1) is 11.8 Å². The average Bonchev–Trinajstić information content (AvgIpc) is 3.29. The molecule has 7 nitrogen and oxygen atoms in total. The van der Waals surface area contributed by atoms with Gasteiger partial charge in [-0.1, -0.05) is 12.1 Å². The number of alkyl halides is 3. The lowest BCUT2D eigenvalue weighted by atomic mass is 10.1. The minimum absolute atomic E-state index is 0. The van der Waals surface area contributed by atoms with Crippen LogP contribution in [0.4, 0.5) is 13.2 Å². The third-order valence-corrected chi connectivity index (χ3v) is 6.68. The molecule has 2 unspecified atom stereocenters. The molecule has 0 radical (unpaired) electrons. The summed E-state index contributed by atoms with van der Waals surface area (Å²) in [6, 6.07) is 11.9. The molecule has 0 aromatic heterocycles. The first kappa shape index (κ1) is 28.7. The Hall–Kier alpha value is -2.82. The van der Waals surface area contributed by atoms with E-state index in [1.54, 1.807) is 24.0 Å². The molecule has 0 spiro atoms. The summed E-state index contributed by atoms with van der Waals surface area (Å²) in [6.07, 6.45) is -5.00. The van der Waals surface area contributed by atoms with Crippen molar-refractivity contribution < 1.29 is 37.3 Å². The van der Waals surface area contributed by atoms with Gasteiger partial charge >= 0.3 is 12.1 Å². The Labute approximate surface area is 219 Å². The van der Waals surface area contributed by atoms with Gasteiger partial charge in [0, 0.05) is 44.3 Å². The van der Waals surface area contributed by atoms with Crippen LogP contribution in [0.2, 0.25) is 0 Å². The van der Waals surface area contributed by atoms with Gasteiger partial charge in [0.25, 0.3) is 5.91 Å². The number of hydrogen-bond donors (Lipinski definition) is 2. The minimum Gasteiger partial charge on any atom is -0.492 e. The van der Waals surface area contributed by atoms with Gasteiger partial charge in [-0.3, -0.25) is 4.79 Å². The highest BCUT2D eigenvalue weighted by molar-refractivity contribution is 5.94. The Kier molecular flexibility index (Phi) is 9.44. The van der Waals surface area contributed by atoms with E-state index in [0.29, 0.717) is 56.5 Å². The number of carboxylic acid groups (broad SMARTS) is 1. The molecule has 2 aromatic carbocycles. The second kappa shape index (κ2) is 12.1. The smallest absolute Gasteiger partial charge is 0.416 e. The summed E-state index contributed by atoms with van der Waals surface area (Å²) in [5.41, 5.74) is 0.353. The molecule has 2 aromatic rings. The number of hydrogen-bond acceptors (Lipinski definition) is 5. The maximum Gasteiger partial charge on any atom is 0.416 e. The van der Waals surface area contributed by atoms with E-state index < -0.39 is 23.8 Å². The van der Waals surface area contributed by atoms with Gasteiger partial charge in [0.15, 0.2) is 6.10 Å². The van der Waals surface area contributed by atoms with Gasteiger partial charge in [0.1, 0.15) is 12.4 Å². The van der Waals surface area contributed by atoms with Gasteiger partial charge in [-0.2, -0.15) is 13.2 Å². The molecule has 2 N–H and O–H groups in total.